The van der Waals surface area contributed by atoms with Crippen molar-refractivity contribution in [3.63, 3.8) is 0 Å². The SMILES string of the molecule is Cc1cccc(C)c1OCCC(=O)NCC(C)CO. The van der Waals surface area contributed by atoms with Crippen molar-refractivity contribution < 1.29 is 14.6 Å². The van der Waals surface area contributed by atoms with Gasteiger partial charge in [0.05, 0.1) is 13.0 Å². The molecule has 1 amide bonds. The molecule has 0 saturated carbocycles. The molecule has 0 aromatic heterocycles. The van der Waals surface area contributed by atoms with E-state index >= 15 is 0 Å². The van der Waals surface area contributed by atoms with Crippen LogP contribution in [-0.4, -0.2) is 30.8 Å². The molecule has 0 fully saturated rings. The lowest BCUT2D eigenvalue weighted by Crippen LogP contribution is -2.30. The van der Waals surface area contributed by atoms with Gasteiger partial charge in [0.25, 0.3) is 0 Å². The van der Waals surface area contributed by atoms with Gasteiger partial charge in [0.2, 0.25) is 5.91 Å². The molecule has 106 valence electrons. The Labute approximate surface area is 114 Å². The maximum atomic E-state index is 11.6. The van der Waals surface area contributed by atoms with Crippen LogP contribution in [0, 0.1) is 19.8 Å². The van der Waals surface area contributed by atoms with Crippen LogP contribution in [-0.2, 0) is 4.79 Å². The van der Waals surface area contributed by atoms with Gasteiger partial charge in [0.1, 0.15) is 5.75 Å². The second kappa shape index (κ2) is 7.79. The third-order valence-corrected chi connectivity index (χ3v) is 2.94. The predicted molar refractivity (Wildman–Crippen MR) is 75.3 cm³/mol. The van der Waals surface area contributed by atoms with Crippen LogP contribution in [0.5, 0.6) is 5.75 Å². The zero-order valence-electron chi connectivity index (χ0n) is 11.9. The number of hydrogen-bond donors (Lipinski definition) is 2. The Morgan fingerprint density at radius 3 is 2.58 bits per heavy atom. The second-order valence-corrected chi connectivity index (χ2v) is 4.91. The number of rotatable bonds is 7. The largest absolute Gasteiger partial charge is 0.493 e. The normalized spacial score (nSPS) is 12.0. The van der Waals surface area contributed by atoms with E-state index < -0.39 is 0 Å². The molecule has 1 aromatic rings. The summed E-state index contributed by atoms with van der Waals surface area (Å²) in [6.07, 6.45) is 0.325. The van der Waals surface area contributed by atoms with Gasteiger partial charge in [-0.15, -0.1) is 0 Å². The van der Waals surface area contributed by atoms with Crippen molar-refractivity contribution in [2.45, 2.75) is 27.2 Å². The van der Waals surface area contributed by atoms with Gasteiger partial charge in [-0.1, -0.05) is 25.1 Å². The number of hydrogen-bond acceptors (Lipinski definition) is 3. The van der Waals surface area contributed by atoms with E-state index in [1.54, 1.807) is 0 Å². The van der Waals surface area contributed by atoms with Gasteiger partial charge < -0.3 is 15.2 Å². The van der Waals surface area contributed by atoms with Crippen LogP contribution in [0.1, 0.15) is 24.5 Å². The molecule has 4 nitrogen and oxygen atoms in total. The Balaban J connectivity index is 2.32. The maximum Gasteiger partial charge on any atom is 0.223 e. The smallest absolute Gasteiger partial charge is 0.223 e. The quantitative estimate of drug-likeness (QED) is 0.790. The molecule has 4 heteroatoms. The Morgan fingerprint density at radius 1 is 1.37 bits per heavy atom. The minimum absolute atomic E-state index is 0.0495. The van der Waals surface area contributed by atoms with Crippen LogP contribution in [0.15, 0.2) is 18.2 Å². The molecule has 19 heavy (non-hydrogen) atoms. The number of nitrogens with one attached hydrogen (secondary N) is 1. The van der Waals surface area contributed by atoms with E-state index in [2.05, 4.69) is 5.32 Å². The zero-order chi connectivity index (χ0) is 14.3. The van der Waals surface area contributed by atoms with Gasteiger partial charge in [-0.3, -0.25) is 4.79 Å². The van der Waals surface area contributed by atoms with Crippen molar-refractivity contribution in [1.82, 2.24) is 5.32 Å². The summed E-state index contributed by atoms with van der Waals surface area (Å²) in [6.45, 7) is 6.81. The highest BCUT2D eigenvalue weighted by Crippen LogP contribution is 2.22. The summed E-state index contributed by atoms with van der Waals surface area (Å²) < 4.78 is 5.66. The highest BCUT2D eigenvalue weighted by atomic mass is 16.5. The van der Waals surface area contributed by atoms with Gasteiger partial charge in [0, 0.05) is 13.2 Å². The van der Waals surface area contributed by atoms with E-state index in [1.165, 1.54) is 0 Å². The molecule has 2 N–H and O–H groups in total. The van der Waals surface area contributed by atoms with Crippen LogP contribution < -0.4 is 10.1 Å². The molecular weight excluding hydrogens is 242 g/mol. The summed E-state index contributed by atoms with van der Waals surface area (Å²) in [7, 11) is 0. The molecular formula is C15H23NO3. The number of amides is 1. The lowest BCUT2D eigenvalue weighted by atomic mass is 10.1. The topological polar surface area (TPSA) is 58.6 Å². The Hall–Kier alpha value is -1.55. The van der Waals surface area contributed by atoms with Gasteiger partial charge >= 0.3 is 0 Å². The van der Waals surface area contributed by atoms with Crippen molar-refractivity contribution >= 4 is 5.91 Å². The van der Waals surface area contributed by atoms with Crippen LogP contribution in [0.4, 0.5) is 0 Å². The fourth-order valence-corrected chi connectivity index (χ4v) is 1.71. The lowest BCUT2D eigenvalue weighted by Gasteiger charge is -2.12. The van der Waals surface area contributed by atoms with Crippen molar-refractivity contribution in [2.75, 3.05) is 19.8 Å². The average molecular weight is 265 g/mol. The fraction of sp³-hybridized carbons (Fsp3) is 0.533. The van der Waals surface area contributed by atoms with Crippen molar-refractivity contribution in [2.24, 2.45) is 5.92 Å². The molecule has 1 rings (SSSR count). The highest BCUT2D eigenvalue weighted by Gasteiger charge is 2.07. The molecule has 0 aliphatic carbocycles. The first-order chi connectivity index (χ1) is 9.04. The van der Waals surface area contributed by atoms with E-state index in [0.29, 0.717) is 19.6 Å². The molecule has 0 heterocycles. The molecule has 0 spiro atoms. The summed E-state index contributed by atoms with van der Waals surface area (Å²) in [4.78, 5) is 11.6. The van der Waals surface area contributed by atoms with Gasteiger partial charge in [-0.2, -0.15) is 0 Å². The number of benzene rings is 1. The van der Waals surface area contributed by atoms with Gasteiger partial charge in [-0.25, -0.2) is 0 Å². The molecule has 0 aliphatic rings. The van der Waals surface area contributed by atoms with Crippen LogP contribution in [0.3, 0.4) is 0 Å². The fourth-order valence-electron chi connectivity index (χ4n) is 1.71. The summed E-state index contributed by atoms with van der Waals surface area (Å²) in [5.74, 6) is 0.897. The molecule has 1 aromatic carbocycles. The van der Waals surface area contributed by atoms with Crippen molar-refractivity contribution in [1.29, 1.82) is 0 Å². The number of para-hydroxylation sites is 1. The first-order valence-electron chi connectivity index (χ1n) is 6.61. The summed E-state index contributed by atoms with van der Waals surface area (Å²) in [5, 5.41) is 11.6. The first kappa shape index (κ1) is 15.5. The Morgan fingerprint density at radius 2 is 2.00 bits per heavy atom. The lowest BCUT2D eigenvalue weighted by molar-refractivity contribution is -0.121. The highest BCUT2D eigenvalue weighted by molar-refractivity contribution is 5.75. The van der Waals surface area contributed by atoms with E-state index in [1.807, 2.05) is 39.0 Å². The monoisotopic (exact) mass is 265 g/mol. The van der Waals surface area contributed by atoms with Crippen molar-refractivity contribution in [3.8, 4) is 5.75 Å². The van der Waals surface area contributed by atoms with E-state index in [0.717, 1.165) is 16.9 Å². The van der Waals surface area contributed by atoms with Gasteiger partial charge in [0.15, 0.2) is 0 Å². The number of carbonyl (C=O) groups is 1. The molecule has 1 atom stereocenters. The minimum Gasteiger partial charge on any atom is -0.493 e. The molecule has 0 saturated heterocycles. The number of ether oxygens (including phenoxy) is 1. The number of aliphatic hydroxyl groups is 1. The Kier molecular flexibility index (Phi) is 6.36. The molecule has 0 bridgehead atoms. The average Bonchev–Trinajstić information content (AvgIpc) is 2.39. The van der Waals surface area contributed by atoms with Crippen LogP contribution >= 0.6 is 0 Å². The summed E-state index contributed by atoms with van der Waals surface area (Å²) in [6, 6.07) is 5.97. The number of aryl methyl sites for hydroxylation is 2. The Bertz CT molecular complexity index is 398. The van der Waals surface area contributed by atoms with E-state index in [4.69, 9.17) is 9.84 Å². The first-order valence-corrected chi connectivity index (χ1v) is 6.61. The summed E-state index contributed by atoms with van der Waals surface area (Å²) >= 11 is 0. The molecule has 1 unspecified atom stereocenters. The summed E-state index contributed by atoms with van der Waals surface area (Å²) in [5.41, 5.74) is 2.16. The second-order valence-electron chi connectivity index (χ2n) is 4.91. The van der Waals surface area contributed by atoms with E-state index in [9.17, 15) is 4.79 Å². The van der Waals surface area contributed by atoms with Crippen molar-refractivity contribution in [3.05, 3.63) is 29.3 Å². The standard InChI is InChI=1S/C15H23NO3/c1-11(10-17)9-16-14(18)7-8-19-15-12(2)5-4-6-13(15)3/h4-6,11,17H,7-10H2,1-3H3,(H,16,18). The molecule has 0 radical (unpaired) electrons. The number of aliphatic hydroxyl groups excluding tert-OH is 1. The third kappa shape index (κ3) is 5.30. The van der Waals surface area contributed by atoms with Crippen LogP contribution in [0.25, 0.3) is 0 Å². The zero-order valence-corrected chi connectivity index (χ0v) is 11.9. The van der Waals surface area contributed by atoms with Gasteiger partial charge in [-0.05, 0) is 30.9 Å². The predicted octanol–water partition coefficient (Wildman–Crippen LogP) is 1.82. The minimum atomic E-state index is -0.0495. The third-order valence-electron chi connectivity index (χ3n) is 2.94. The molecule has 0 aliphatic heterocycles. The number of carbonyl (C=O) groups excluding carboxylic acids is 1. The van der Waals surface area contributed by atoms with Crippen LogP contribution in [0.2, 0.25) is 0 Å². The maximum absolute atomic E-state index is 11.6. The van der Waals surface area contributed by atoms with E-state index in [-0.39, 0.29) is 18.4 Å².